The average Bonchev–Trinajstić information content (AvgIpc) is 2.69. The number of nitrogens with one attached hydrogen (secondary N) is 2. The third-order valence-corrected chi connectivity index (χ3v) is 4.46. The number of carboxylic acids is 1. The number of phenols is 1. The van der Waals surface area contributed by atoms with E-state index in [1.807, 2.05) is 0 Å². The van der Waals surface area contributed by atoms with Crippen LogP contribution in [0.4, 0.5) is 5.69 Å². The number of rotatable bonds is 8. The Kier molecular flexibility index (Phi) is 8.06. The van der Waals surface area contributed by atoms with Crippen LogP contribution in [-0.2, 0) is 9.59 Å². The molecule has 30 heavy (non-hydrogen) atoms. The van der Waals surface area contributed by atoms with Crippen molar-refractivity contribution in [3.8, 4) is 17.2 Å². The van der Waals surface area contributed by atoms with Gasteiger partial charge in [0.15, 0.2) is 0 Å². The number of halogens is 1. The first-order valence-corrected chi connectivity index (χ1v) is 9.74. The summed E-state index contributed by atoms with van der Waals surface area (Å²) in [5.74, 6) is -2.85. The molecule has 9 heteroatoms. The molecule has 0 radical (unpaired) electrons. The highest BCUT2D eigenvalue weighted by atomic mass is 35.5. The summed E-state index contributed by atoms with van der Waals surface area (Å²) in [7, 11) is 0. The smallest absolute Gasteiger partial charge is 0.394 e. The van der Waals surface area contributed by atoms with Gasteiger partial charge in [-0.05, 0) is 49.2 Å². The largest absolute Gasteiger partial charge is 0.507 e. The molecule has 2 aromatic rings. The molecule has 4 N–H and O–H groups in total. The average molecular weight is 435 g/mol. The van der Waals surface area contributed by atoms with E-state index in [2.05, 4.69) is 17.6 Å². The van der Waals surface area contributed by atoms with Gasteiger partial charge in [0, 0.05) is 12.2 Å². The van der Waals surface area contributed by atoms with E-state index in [0.29, 0.717) is 12.1 Å². The molecule has 0 fully saturated rings. The highest BCUT2D eigenvalue weighted by molar-refractivity contribution is 6.37. The van der Waals surface area contributed by atoms with Crippen molar-refractivity contribution in [2.75, 3.05) is 11.9 Å². The molecule has 0 aliphatic heterocycles. The van der Waals surface area contributed by atoms with E-state index in [1.54, 1.807) is 6.92 Å². The van der Waals surface area contributed by atoms with Crippen LogP contribution in [-0.4, -0.2) is 34.5 Å². The molecule has 0 saturated heterocycles. The zero-order valence-electron chi connectivity index (χ0n) is 16.6. The molecule has 0 aromatic heterocycles. The fraction of sp³-hybridized carbons (Fsp3) is 0.286. The SMILES string of the molecule is CCCCCNC(=O)c1cc(Oc2c(C)cc(NC(=O)C(=O)O)cc2Cl)ccc1O. The van der Waals surface area contributed by atoms with Gasteiger partial charge in [0.2, 0.25) is 0 Å². The van der Waals surface area contributed by atoms with Gasteiger partial charge < -0.3 is 25.6 Å². The Balaban J connectivity index is 2.19. The van der Waals surface area contributed by atoms with Gasteiger partial charge >= 0.3 is 11.9 Å². The molecule has 0 bridgehead atoms. The monoisotopic (exact) mass is 434 g/mol. The van der Waals surface area contributed by atoms with E-state index in [1.165, 1.54) is 30.3 Å². The number of unbranched alkanes of at least 4 members (excludes halogenated alkanes) is 2. The predicted molar refractivity (Wildman–Crippen MR) is 112 cm³/mol. The number of hydrogen-bond donors (Lipinski definition) is 4. The van der Waals surface area contributed by atoms with Crippen LogP contribution in [0, 0.1) is 6.92 Å². The van der Waals surface area contributed by atoms with Crippen LogP contribution >= 0.6 is 11.6 Å². The molecule has 0 aliphatic carbocycles. The first-order chi connectivity index (χ1) is 14.2. The van der Waals surface area contributed by atoms with Gasteiger partial charge in [0.1, 0.15) is 17.2 Å². The van der Waals surface area contributed by atoms with Gasteiger partial charge in [0.05, 0.1) is 10.6 Å². The molecule has 160 valence electrons. The summed E-state index contributed by atoms with van der Waals surface area (Å²) in [6.07, 6.45) is 2.87. The van der Waals surface area contributed by atoms with Crippen molar-refractivity contribution in [3.05, 3.63) is 46.5 Å². The normalized spacial score (nSPS) is 10.4. The molecule has 2 amide bonds. The quantitative estimate of drug-likeness (QED) is 0.366. The van der Waals surface area contributed by atoms with E-state index in [9.17, 15) is 19.5 Å². The van der Waals surface area contributed by atoms with Crippen molar-refractivity contribution < 1.29 is 29.3 Å². The number of carboxylic acid groups (broad SMARTS) is 1. The number of hydrogen-bond acceptors (Lipinski definition) is 5. The predicted octanol–water partition coefficient (Wildman–Crippen LogP) is 4.09. The minimum atomic E-state index is -1.62. The van der Waals surface area contributed by atoms with E-state index < -0.39 is 17.8 Å². The molecule has 0 saturated carbocycles. The van der Waals surface area contributed by atoms with Crippen molar-refractivity contribution in [2.45, 2.75) is 33.1 Å². The molecule has 0 aliphatic rings. The van der Waals surface area contributed by atoms with Crippen LogP contribution in [0.25, 0.3) is 0 Å². The van der Waals surface area contributed by atoms with Crippen molar-refractivity contribution in [1.82, 2.24) is 5.32 Å². The van der Waals surface area contributed by atoms with Gasteiger partial charge in [-0.25, -0.2) is 4.79 Å². The minimum absolute atomic E-state index is 0.0723. The zero-order valence-corrected chi connectivity index (χ0v) is 17.4. The summed E-state index contributed by atoms with van der Waals surface area (Å²) in [5.41, 5.74) is 0.806. The Morgan fingerprint density at radius 3 is 2.50 bits per heavy atom. The molecule has 2 rings (SSSR count). The van der Waals surface area contributed by atoms with Gasteiger partial charge in [-0.3, -0.25) is 9.59 Å². The molecular formula is C21H23ClN2O6. The number of benzene rings is 2. The first-order valence-electron chi connectivity index (χ1n) is 9.36. The Morgan fingerprint density at radius 1 is 1.13 bits per heavy atom. The number of carbonyl (C=O) groups is 3. The molecule has 0 spiro atoms. The second-order valence-corrected chi connectivity index (χ2v) is 7.01. The maximum atomic E-state index is 12.3. The molecule has 0 heterocycles. The standard InChI is InChI=1S/C21H23ClN2O6/c1-3-4-5-8-23-19(26)15-11-14(6-7-17(15)25)30-18-12(2)9-13(10-16(18)22)24-20(27)21(28)29/h6-7,9-11,25H,3-5,8H2,1-2H3,(H,23,26)(H,24,27)(H,28,29). The Morgan fingerprint density at radius 2 is 1.87 bits per heavy atom. The van der Waals surface area contributed by atoms with Crippen LogP contribution in [0.3, 0.4) is 0 Å². The lowest BCUT2D eigenvalue weighted by Gasteiger charge is -2.14. The van der Waals surface area contributed by atoms with Crippen molar-refractivity contribution in [2.24, 2.45) is 0 Å². The Hall–Kier alpha value is -3.26. The lowest BCUT2D eigenvalue weighted by Crippen LogP contribution is -2.24. The van der Waals surface area contributed by atoms with E-state index >= 15 is 0 Å². The van der Waals surface area contributed by atoms with E-state index in [-0.39, 0.29) is 33.5 Å². The summed E-state index contributed by atoms with van der Waals surface area (Å²) in [6, 6.07) is 7.09. The maximum Gasteiger partial charge on any atom is 0.394 e. The number of ether oxygens (including phenoxy) is 1. The van der Waals surface area contributed by atoms with Gasteiger partial charge in [-0.15, -0.1) is 0 Å². The van der Waals surface area contributed by atoms with Gasteiger partial charge in [-0.2, -0.15) is 0 Å². The minimum Gasteiger partial charge on any atom is -0.507 e. The number of carbonyl (C=O) groups excluding carboxylic acids is 2. The molecular weight excluding hydrogens is 412 g/mol. The van der Waals surface area contributed by atoms with Gasteiger partial charge in [0.25, 0.3) is 5.91 Å². The van der Waals surface area contributed by atoms with Gasteiger partial charge in [-0.1, -0.05) is 31.4 Å². The molecule has 8 nitrogen and oxygen atoms in total. The molecule has 2 aromatic carbocycles. The summed E-state index contributed by atoms with van der Waals surface area (Å²) in [6.45, 7) is 4.24. The third-order valence-electron chi connectivity index (χ3n) is 4.18. The lowest BCUT2D eigenvalue weighted by molar-refractivity contribution is -0.147. The van der Waals surface area contributed by atoms with Crippen molar-refractivity contribution >= 4 is 35.1 Å². The van der Waals surface area contributed by atoms with Crippen LogP contribution in [0.1, 0.15) is 42.1 Å². The molecule has 0 atom stereocenters. The van der Waals surface area contributed by atoms with Crippen LogP contribution in [0.15, 0.2) is 30.3 Å². The summed E-state index contributed by atoms with van der Waals surface area (Å²) < 4.78 is 5.78. The van der Waals surface area contributed by atoms with Crippen LogP contribution < -0.4 is 15.4 Å². The number of aromatic hydroxyl groups is 1. The number of aryl methyl sites for hydroxylation is 1. The van der Waals surface area contributed by atoms with Crippen molar-refractivity contribution in [1.29, 1.82) is 0 Å². The first kappa shape index (κ1) is 23.0. The summed E-state index contributed by atoms with van der Waals surface area (Å²) in [5, 5.41) is 23.8. The number of amides is 2. The Labute approximate surface area is 178 Å². The highest BCUT2D eigenvalue weighted by Gasteiger charge is 2.16. The fourth-order valence-corrected chi connectivity index (χ4v) is 2.97. The summed E-state index contributed by atoms with van der Waals surface area (Å²) in [4.78, 5) is 34.3. The third kappa shape index (κ3) is 6.12. The Bertz CT molecular complexity index is 938. The number of anilines is 1. The second-order valence-electron chi connectivity index (χ2n) is 6.61. The van der Waals surface area contributed by atoms with Crippen LogP contribution in [0.2, 0.25) is 5.02 Å². The zero-order chi connectivity index (χ0) is 22.3. The number of phenolic OH excluding ortho intramolecular Hbond substituents is 1. The number of aliphatic carboxylic acids is 1. The fourth-order valence-electron chi connectivity index (χ4n) is 2.67. The molecule has 0 unspecified atom stereocenters. The maximum absolute atomic E-state index is 12.3. The van der Waals surface area contributed by atoms with E-state index in [4.69, 9.17) is 21.4 Å². The topological polar surface area (TPSA) is 125 Å². The summed E-state index contributed by atoms with van der Waals surface area (Å²) >= 11 is 6.23. The van der Waals surface area contributed by atoms with E-state index in [0.717, 1.165) is 19.3 Å². The lowest BCUT2D eigenvalue weighted by atomic mass is 10.1. The van der Waals surface area contributed by atoms with Crippen LogP contribution in [0.5, 0.6) is 17.2 Å². The highest BCUT2D eigenvalue weighted by Crippen LogP contribution is 2.36. The second kappa shape index (κ2) is 10.5. The van der Waals surface area contributed by atoms with Crippen molar-refractivity contribution in [3.63, 3.8) is 0 Å².